The van der Waals surface area contributed by atoms with Gasteiger partial charge < -0.3 is 26.2 Å². The van der Waals surface area contributed by atoms with Gasteiger partial charge in [-0.25, -0.2) is 0 Å². The lowest BCUT2D eigenvalue weighted by atomic mass is 10.0. The Hall–Kier alpha value is -0.530. The van der Waals surface area contributed by atoms with Gasteiger partial charge in [0, 0.05) is 0 Å². The van der Waals surface area contributed by atoms with E-state index >= 15 is 0 Å². The van der Waals surface area contributed by atoms with Crippen molar-refractivity contribution in [3.63, 3.8) is 0 Å². The Morgan fingerprint density at radius 1 is 1.33 bits per heavy atom. The van der Waals surface area contributed by atoms with Crippen molar-refractivity contribution in [1.29, 1.82) is 0 Å². The maximum atomic E-state index is 10.6. The van der Waals surface area contributed by atoms with Crippen LogP contribution in [-0.2, 0) is 4.79 Å². The molecule has 0 aliphatic rings. The average molecular weight is 179 g/mol. The van der Waals surface area contributed by atoms with Crippen LogP contribution >= 0.6 is 0 Å². The molecule has 12 heavy (non-hydrogen) atoms. The third-order valence-electron chi connectivity index (χ3n) is 1.46. The Labute approximate surface area is 69.2 Å². The van der Waals surface area contributed by atoms with Crippen LogP contribution in [0, 0.1) is 0 Å². The van der Waals surface area contributed by atoms with Crippen molar-refractivity contribution in [3.05, 3.63) is 0 Å². The summed E-state index contributed by atoms with van der Waals surface area (Å²) in [6.07, 6.45) is -3.29. The van der Waals surface area contributed by atoms with Crippen LogP contribution in [0.2, 0.25) is 0 Å². The molecule has 72 valence electrons. The van der Waals surface area contributed by atoms with Gasteiger partial charge in [0.1, 0.15) is 18.8 Å². The highest BCUT2D eigenvalue weighted by Crippen LogP contribution is 1.98. The van der Waals surface area contributed by atoms with Crippen molar-refractivity contribution in [2.75, 3.05) is 13.2 Å². The molecule has 0 aromatic heterocycles. The molecular formula is C6H13NO5. The Morgan fingerprint density at radius 3 is 2.17 bits per heavy atom. The van der Waals surface area contributed by atoms with Crippen molar-refractivity contribution in [2.24, 2.45) is 5.73 Å². The highest BCUT2D eigenvalue weighted by atomic mass is 16.3. The van der Waals surface area contributed by atoms with Gasteiger partial charge in [0.15, 0.2) is 5.78 Å². The Balaban J connectivity index is 4.08. The normalized spacial score (nSPS) is 18.4. The molecule has 0 bridgehead atoms. The largest absolute Gasteiger partial charge is 0.395 e. The molecule has 0 heterocycles. The summed E-state index contributed by atoms with van der Waals surface area (Å²) in [5, 5.41) is 34.7. The lowest BCUT2D eigenvalue weighted by Gasteiger charge is -2.20. The minimum absolute atomic E-state index is 0.545. The Kier molecular flexibility index (Phi) is 4.95. The lowest BCUT2D eigenvalue weighted by molar-refractivity contribution is -0.136. The van der Waals surface area contributed by atoms with Gasteiger partial charge in [-0.3, -0.25) is 4.79 Å². The highest BCUT2D eigenvalue weighted by Gasteiger charge is 2.27. The van der Waals surface area contributed by atoms with E-state index in [4.69, 9.17) is 26.2 Å². The predicted octanol–water partition coefficient (Wildman–Crippen LogP) is -3.41. The van der Waals surface area contributed by atoms with Gasteiger partial charge in [0.2, 0.25) is 0 Å². The second kappa shape index (κ2) is 5.18. The molecule has 0 aliphatic heterocycles. The molecule has 6 heteroatoms. The number of carbonyl (C=O) groups excluding carboxylic acids is 1. The highest BCUT2D eigenvalue weighted by molar-refractivity contribution is 5.84. The first-order valence-electron chi connectivity index (χ1n) is 3.40. The molecule has 0 spiro atoms. The minimum Gasteiger partial charge on any atom is -0.395 e. The molecule has 0 aromatic rings. The second-order valence-corrected chi connectivity index (χ2v) is 2.41. The van der Waals surface area contributed by atoms with Crippen LogP contribution in [0.4, 0.5) is 0 Å². The maximum absolute atomic E-state index is 10.6. The van der Waals surface area contributed by atoms with Crippen LogP contribution in [-0.4, -0.2) is 57.7 Å². The van der Waals surface area contributed by atoms with Crippen LogP contribution in [0.1, 0.15) is 0 Å². The van der Waals surface area contributed by atoms with E-state index in [0.29, 0.717) is 0 Å². The number of nitrogens with two attached hydrogens (primary N) is 1. The molecule has 0 amide bonds. The van der Waals surface area contributed by atoms with Gasteiger partial charge in [-0.1, -0.05) is 0 Å². The summed E-state index contributed by atoms with van der Waals surface area (Å²) in [7, 11) is 0. The van der Waals surface area contributed by atoms with E-state index in [2.05, 4.69) is 0 Å². The molecule has 0 unspecified atom stereocenters. The SMILES string of the molecule is N[C@@H](CO)[C@H](O)[C@H](O)C(=O)CO. The summed E-state index contributed by atoms with van der Waals surface area (Å²) in [5.74, 6) is -0.925. The smallest absolute Gasteiger partial charge is 0.189 e. The molecule has 0 aliphatic carbocycles. The second-order valence-electron chi connectivity index (χ2n) is 2.41. The number of ketones is 1. The summed E-state index contributed by atoms with van der Waals surface area (Å²) in [4.78, 5) is 10.6. The monoisotopic (exact) mass is 179 g/mol. The molecular weight excluding hydrogens is 166 g/mol. The zero-order valence-electron chi connectivity index (χ0n) is 6.42. The van der Waals surface area contributed by atoms with E-state index in [-0.39, 0.29) is 0 Å². The fraction of sp³-hybridized carbons (Fsp3) is 0.833. The molecule has 0 saturated carbocycles. The zero-order chi connectivity index (χ0) is 9.72. The fourth-order valence-electron chi connectivity index (χ4n) is 0.626. The number of hydrogen-bond acceptors (Lipinski definition) is 6. The summed E-state index contributed by atoms with van der Waals surface area (Å²) in [6, 6.07) is -1.09. The summed E-state index contributed by atoms with van der Waals surface area (Å²) >= 11 is 0. The molecule has 0 aromatic carbocycles. The van der Waals surface area contributed by atoms with Crippen molar-refractivity contribution >= 4 is 5.78 Å². The third-order valence-corrected chi connectivity index (χ3v) is 1.46. The molecule has 6 N–H and O–H groups in total. The van der Waals surface area contributed by atoms with Crippen LogP contribution < -0.4 is 5.73 Å². The van der Waals surface area contributed by atoms with Gasteiger partial charge >= 0.3 is 0 Å². The van der Waals surface area contributed by atoms with Gasteiger partial charge in [-0.2, -0.15) is 0 Å². The number of hydrogen-bond donors (Lipinski definition) is 5. The van der Waals surface area contributed by atoms with E-state index in [0.717, 1.165) is 0 Å². The molecule has 0 radical (unpaired) electrons. The number of Topliss-reactive ketones (excluding diaryl/α,β-unsaturated/α-hetero) is 1. The maximum Gasteiger partial charge on any atom is 0.189 e. The van der Waals surface area contributed by atoms with Crippen LogP contribution in [0.3, 0.4) is 0 Å². The first-order chi connectivity index (χ1) is 5.54. The van der Waals surface area contributed by atoms with E-state index in [1.807, 2.05) is 0 Å². The average Bonchev–Trinajstić information content (AvgIpc) is 2.12. The number of rotatable bonds is 5. The third kappa shape index (κ3) is 2.84. The topological polar surface area (TPSA) is 124 Å². The predicted molar refractivity (Wildman–Crippen MR) is 39.2 cm³/mol. The molecule has 0 fully saturated rings. The molecule has 6 nitrogen and oxygen atoms in total. The Bertz CT molecular complexity index is 151. The van der Waals surface area contributed by atoms with Crippen LogP contribution in [0.25, 0.3) is 0 Å². The minimum atomic E-state index is -1.74. The summed E-state index contributed by atoms with van der Waals surface area (Å²) in [5.41, 5.74) is 5.12. The summed E-state index contributed by atoms with van der Waals surface area (Å²) in [6.45, 7) is -1.41. The van der Waals surface area contributed by atoms with Crippen molar-refractivity contribution in [2.45, 2.75) is 18.2 Å². The van der Waals surface area contributed by atoms with Gasteiger partial charge in [0.25, 0.3) is 0 Å². The first-order valence-corrected chi connectivity index (χ1v) is 3.40. The van der Waals surface area contributed by atoms with Crippen LogP contribution in [0.15, 0.2) is 0 Å². The van der Waals surface area contributed by atoms with E-state index in [1.165, 1.54) is 0 Å². The van der Waals surface area contributed by atoms with Crippen molar-refractivity contribution in [1.82, 2.24) is 0 Å². The van der Waals surface area contributed by atoms with E-state index < -0.39 is 37.2 Å². The standard InChI is InChI=1S/C6H13NO5/c7-3(1-8)5(11)6(12)4(10)2-9/h3,5-6,8-9,11-12H,1-2,7H2/t3-,5-,6+/m0/s1. The van der Waals surface area contributed by atoms with Crippen LogP contribution in [0.5, 0.6) is 0 Å². The van der Waals surface area contributed by atoms with E-state index in [1.54, 1.807) is 0 Å². The molecule has 0 saturated heterocycles. The fourth-order valence-corrected chi connectivity index (χ4v) is 0.626. The quantitative estimate of drug-likeness (QED) is 0.299. The lowest BCUT2D eigenvalue weighted by Crippen LogP contribution is -2.49. The van der Waals surface area contributed by atoms with Gasteiger partial charge in [-0.05, 0) is 0 Å². The van der Waals surface area contributed by atoms with Gasteiger partial charge in [0.05, 0.1) is 12.6 Å². The number of carbonyl (C=O) groups is 1. The zero-order valence-corrected chi connectivity index (χ0v) is 6.42. The Morgan fingerprint density at radius 2 is 1.83 bits per heavy atom. The van der Waals surface area contributed by atoms with E-state index in [9.17, 15) is 4.79 Å². The number of aliphatic hydroxyl groups is 4. The first kappa shape index (κ1) is 11.5. The molecule has 0 rings (SSSR count). The van der Waals surface area contributed by atoms with Crippen molar-refractivity contribution < 1.29 is 25.2 Å². The number of aliphatic hydroxyl groups excluding tert-OH is 4. The van der Waals surface area contributed by atoms with Crippen molar-refractivity contribution in [3.8, 4) is 0 Å². The molecule has 3 atom stereocenters. The van der Waals surface area contributed by atoms with Gasteiger partial charge in [-0.15, -0.1) is 0 Å². The summed E-state index contributed by atoms with van der Waals surface area (Å²) < 4.78 is 0.